The van der Waals surface area contributed by atoms with E-state index in [0.29, 0.717) is 22.1 Å². The van der Waals surface area contributed by atoms with Gasteiger partial charge in [0.05, 0.1) is 5.69 Å². The van der Waals surface area contributed by atoms with Crippen LogP contribution in [0.5, 0.6) is 0 Å². The van der Waals surface area contributed by atoms with Gasteiger partial charge in [0.2, 0.25) is 0 Å². The summed E-state index contributed by atoms with van der Waals surface area (Å²) in [6.45, 7) is 0. The molecule has 0 aromatic heterocycles. The summed E-state index contributed by atoms with van der Waals surface area (Å²) >= 11 is 1.89. The van der Waals surface area contributed by atoms with Crippen LogP contribution in [0.1, 0.15) is 12.8 Å². The molecule has 1 aromatic carbocycles. The third-order valence-electron chi connectivity index (χ3n) is 2.69. The average molecular weight is 364 g/mol. The second-order valence-corrected chi connectivity index (χ2v) is 5.25. The summed E-state index contributed by atoms with van der Waals surface area (Å²) in [6.07, 6.45) is 0.854. The van der Waals surface area contributed by atoms with Crippen LogP contribution in [0.3, 0.4) is 0 Å². The zero-order valence-corrected chi connectivity index (χ0v) is 11.3. The van der Waals surface area contributed by atoms with Crippen molar-refractivity contribution in [3.8, 4) is 0 Å². The third kappa shape index (κ3) is 2.71. The van der Waals surface area contributed by atoms with Gasteiger partial charge in [-0.25, -0.2) is 14.0 Å². The lowest BCUT2D eigenvalue weighted by molar-refractivity contribution is -0.140. The van der Waals surface area contributed by atoms with Crippen LogP contribution in [0.25, 0.3) is 0 Å². The minimum Gasteiger partial charge on any atom is -0.480 e. The van der Waals surface area contributed by atoms with Gasteiger partial charge in [-0.2, -0.15) is 0 Å². The van der Waals surface area contributed by atoms with Crippen LogP contribution < -0.4 is 10.6 Å². The number of hydrogen-bond donors (Lipinski definition) is 3. The molecule has 5 nitrogen and oxygen atoms in total. The molecule has 0 radical (unpaired) electrons. The first-order valence-corrected chi connectivity index (χ1v) is 6.28. The van der Waals surface area contributed by atoms with Crippen molar-refractivity contribution in [1.29, 1.82) is 0 Å². The number of halogens is 2. The van der Waals surface area contributed by atoms with Crippen LogP contribution in [0.15, 0.2) is 18.2 Å². The molecule has 0 spiro atoms. The zero-order valence-electron chi connectivity index (χ0n) is 9.17. The Hall–Kier alpha value is -1.38. The maximum atomic E-state index is 12.9. The summed E-state index contributed by atoms with van der Waals surface area (Å²) < 4.78 is 13.4. The number of carboxylic acid groups (broad SMARTS) is 1. The highest BCUT2D eigenvalue weighted by molar-refractivity contribution is 14.1. The van der Waals surface area contributed by atoms with Gasteiger partial charge in [0.25, 0.3) is 0 Å². The van der Waals surface area contributed by atoms with E-state index >= 15 is 0 Å². The first-order chi connectivity index (χ1) is 8.43. The topological polar surface area (TPSA) is 78.4 Å². The lowest BCUT2D eigenvalue weighted by Crippen LogP contribution is -2.45. The highest BCUT2D eigenvalue weighted by Gasteiger charge is 2.51. The number of carbonyl (C=O) groups excluding carboxylic acids is 1. The van der Waals surface area contributed by atoms with E-state index < -0.39 is 23.4 Å². The van der Waals surface area contributed by atoms with E-state index in [1.165, 1.54) is 18.2 Å². The minimum atomic E-state index is -1.13. The highest BCUT2D eigenvalue weighted by Crippen LogP contribution is 2.35. The second kappa shape index (κ2) is 4.71. The van der Waals surface area contributed by atoms with Crippen LogP contribution in [0.4, 0.5) is 14.9 Å². The Morgan fingerprint density at radius 3 is 2.56 bits per heavy atom. The molecule has 2 rings (SSSR count). The molecular formula is C11H10FIN2O3. The lowest BCUT2D eigenvalue weighted by atomic mass is 10.3. The summed E-state index contributed by atoms with van der Waals surface area (Å²) in [5.74, 6) is -1.43. The monoisotopic (exact) mass is 364 g/mol. The van der Waals surface area contributed by atoms with Crippen molar-refractivity contribution < 1.29 is 19.1 Å². The van der Waals surface area contributed by atoms with Crippen LogP contribution in [-0.2, 0) is 4.79 Å². The maximum Gasteiger partial charge on any atom is 0.329 e. The average Bonchev–Trinajstić information content (AvgIpc) is 3.03. The SMILES string of the molecule is O=C(Nc1ccc(F)cc1I)NC1(C(=O)O)CC1. The highest BCUT2D eigenvalue weighted by atomic mass is 127. The number of carboxylic acids is 1. The van der Waals surface area contributed by atoms with Crippen molar-refractivity contribution in [2.24, 2.45) is 0 Å². The molecule has 7 heteroatoms. The number of rotatable bonds is 3. The standard InChI is InChI=1S/C11H10FIN2O3/c12-6-1-2-8(7(13)5-6)14-10(18)15-11(3-4-11)9(16)17/h1-2,5H,3-4H2,(H,16,17)(H2,14,15,18). The predicted molar refractivity (Wildman–Crippen MR) is 70.9 cm³/mol. The van der Waals surface area contributed by atoms with Gasteiger partial charge in [0.1, 0.15) is 11.4 Å². The summed E-state index contributed by atoms with van der Waals surface area (Å²) in [5, 5.41) is 13.8. The van der Waals surface area contributed by atoms with Crippen molar-refractivity contribution in [2.75, 3.05) is 5.32 Å². The van der Waals surface area contributed by atoms with Gasteiger partial charge in [-0.05, 0) is 53.6 Å². The van der Waals surface area contributed by atoms with Gasteiger partial charge in [-0.3, -0.25) is 0 Å². The number of carbonyl (C=O) groups is 2. The van der Waals surface area contributed by atoms with E-state index in [9.17, 15) is 14.0 Å². The van der Waals surface area contributed by atoms with Crippen molar-refractivity contribution in [2.45, 2.75) is 18.4 Å². The van der Waals surface area contributed by atoms with E-state index in [1.54, 1.807) is 0 Å². The van der Waals surface area contributed by atoms with Crippen molar-refractivity contribution in [1.82, 2.24) is 5.32 Å². The molecule has 0 bridgehead atoms. The van der Waals surface area contributed by atoms with Gasteiger partial charge in [-0.15, -0.1) is 0 Å². The molecule has 0 heterocycles. The Kier molecular flexibility index (Phi) is 3.42. The largest absolute Gasteiger partial charge is 0.480 e. The first-order valence-electron chi connectivity index (χ1n) is 5.20. The number of nitrogens with one attached hydrogen (secondary N) is 2. The third-order valence-corrected chi connectivity index (χ3v) is 3.58. The lowest BCUT2D eigenvalue weighted by Gasteiger charge is -2.14. The van der Waals surface area contributed by atoms with Gasteiger partial charge < -0.3 is 15.7 Å². The van der Waals surface area contributed by atoms with E-state index in [4.69, 9.17) is 5.11 Å². The summed E-state index contributed by atoms with van der Waals surface area (Å²) in [6, 6.07) is 3.33. The predicted octanol–water partition coefficient (Wildman–Crippen LogP) is 2.17. The zero-order chi connectivity index (χ0) is 13.3. The smallest absolute Gasteiger partial charge is 0.329 e. The fraction of sp³-hybridized carbons (Fsp3) is 0.273. The second-order valence-electron chi connectivity index (χ2n) is 4.09. The minimum absolute atomic E-state index is 0.394. The number of amides is 2. The molecule has 1 fully saturated rings. The summed E-state index contributed by atoms with van der Waals surface area (Å²) in [4.78, 5) is 22.5. The molecule has 1 aliphatic carbocycles. The summed E-state index contributed by atoms with van der Waals surface area (Å²) in [5.41, 5.74) is -0.689. The molecule has 3 N–H and O–H groups in total. The van der Waals surface area contributed by atoms with E-state index in [2.05, 4.69) is 10.6 Å². The Morgan fingerprint density at radius 1 is 1.39 bits per heavy atom. The Morgan fingerprint density at radius 2 is 2.06 bits per heavy atom. The van der Waals surface area contributed by atoms with Gasteiger partial charge in [-0.1, -0.05) is 0 Å². The fourth-order valence-electron chi connectivity index (χ4n) is 1.48. The molecule has 0 atom stereocenters. The van der Waals surface area contributed by atoms with E-state index in [-0.39, 0.29) is 0 Å². The van der Waals surface area contributed by atoms with Crippen molar-refractivity contribution in [3.63, 3.8) is 0 Å². The Labute approximate surface area is 116 Å². The Balaban J connectivity index is 2.02. The normalized spacial score (nSPS) is 15.9. The molecule has 2 amide bonds. The van der Waals surface area contributed by atoms with Gasteiger partial charge in [0.15, 0.2) is 0 Å². The molecule has 0 unspecified atom stereocenters. The van der Waals surface area contributed by atoms with Gasteiger partial charge in [0, 0.05) is 3.57 Å². The van der Waals surface area contributed by atoms with Crippen LogP contribution in [0, 0.1) is 9.39 Å². The molecular weight excluding hydrogens is 354 g/mol. The maximum absolute atomic E-state index is 12.9. The Bertz CT molecular complexity index is 517. The molecule has 0 aliphatic heterocycles. The van der Waals surface area contributed by atoms with Crippen LogP contribution in [-0.4, -0.2) is 22.6 Å². The molecule has 1 aliphatic rings. The number of anilines is 1. The molecule has 0 saturated heterocycles. The van der Waals surface area contributed by atoms with Crippen molar-refractivity contribution in [3.05, 3.63) is 27.6 Å². The van der Waals surface area contributed by atoms with Crippen molar-refractivity contribution >= 4 is 40.3 Å². The number of benzene rings is 1. The number of urea groups is 1. The van der Waals surface area contributed by atoms with E-state index in [0.717, 1.165) is 0 Å². The quantitative estimate of drug-likeness (QED) is 0.720. The number of aliphatic carboxylic acids is 1. The fourth-order valence-corrected chi connectivity index (χ4v) is 2.09. The van der Waals surface area contributed by atoms with Crippen LogP contribution in [0.2, 0.25) is 0 Å². The molecule has 18 heavy (non-hydrogen) atoms. The van der Waals surface area contributed by atoms with E-state index in [1.807, 2.05) is 22.6 Å². The molecule has 1 aromatic rings. The first kappa shape index (κ1) is 13.1. The molecule has 1 saturated carbocycles. The number of hydrogen-bond acceptors (Lipinski definition) is 2. The van der Waals surface area contributed by atoms with Crippen LogP contribution >= 0.6 is 22.6 Å². The van der Waals surface area contributed by atoms with Gasteiger partial charge >= 0.3 is 12.0 Å². The molecule has 96 valence electrons. The summed E-state index contributed by atoms with van der Waals surface area (Å²) in [7, 11) is 0.